The molecule has 3 nitrogen and oxygen atoms in total. The lowest BCUT2D eigenvalue weighted by molar-refractivity contribution is -0.143. The van der Waals surface area contributed by atoms with Crippen LogP contribution in [-0.4, -0.2) is 24.1 Å². The third kappa shape index (κ3) is 2.93. The smallest absolute Gasteiger partial charge is 0.271 e. The lowest BCUT2D eigenvalue weighted by Crippen LogP contribution is -2.35. The van der Waals surface area contributed by atoms with E-state index < -0.39 is 0 Å². The van der Waals surface area contributed by atoms with Crippen LogP contribution in [0, 0.1) is 0 Å². The van der Waals surface area contributed by atoms with E-state index in [4.69, 9.17) is 4.84 Å². The molecule has 2 rings (SSSR count). The summed E-state index contributed by atoms with van der Waals surface area (Å²) in [5.74, 6) is 0.0387. The second-order valence-electron chi connectivity index (χ2n) is 4.61. The highest BCUT2D eigenvalue weighted by atomic mass is 32.1. The normalized spacial score (nSPS) is 16.0. The molecule has 1 aliphatic rings. The van der Waals surface area contributed by atoms with Gasteiger partial charge in [-0.15, -0.1) is 11.3 Å². The minimum atomic E-state index is 0.0387. The maximum atomic E-state index is 12.3. The highest BCUT2D eigenvalue weighted by Gasteiger charge is 2.22. The molecule has 1 amide bonds. The van der Waals surface area contributed by atoms with Crippen molar-refractivity contribution < 1.29 is 9.63 Å². The van der Waals surface area contributed by atoms with E-state index in [0.717, 1.165) is 43.5 Å². The van der Waals surface area contributed by atoms with Gasteiger partial charge in [-0.05, 0) is 37.3 Å². The number of nitrogens with zero attached hydrogens (tertiary/aromatic N) is 1. The molecule has 0 bridgehead atoms. The zero-order valence-corrected chi connectivity index (χ0v) is 12.0. The molecule has 0 saturated carbocycles. The van der Waals surface area contributed by atoms with Crippen LogP contribution in [-0.2, 0) is 17.7 Å². The minimum absolute atomic E-state index is 0.0387. The van der Waals surface area contributed by atoms with Crippen LogP contribution in [0.3, 0.4) is 0 Å². The first kappa shape index (κ1) is 13.6. The van der Waals surface area contributed by atoms with Crippen molar-refractivity contribution in [3.8, 4) is 0 Å². The molecule has 1 aliphatic heterocycles. The van der Waals surface area contributed by atoms with Gasteiger partial charge in [0.25, 0.3) is 5.91 Å². The van der Waals surface area contributed by atoms with E-state index in [-0.39, 0.29) is 5.91 Å². The van der Waals surface area contributed by atoms with Gasteiger partial charge in [-0.2, -0.15) is 0 Å². The van der Waals surface area contributed by atoms with Gasteiger partial charge in [0.05, 0.1) is 11.5 Å². The van der Waals surface area contributed by atoms with E-state index in [1.807, 2.05) is 0 Å². The Morgan fingerprint density at radius 2 is 2.28 bits per heavy atom. The van der Waals surface area contributed by atoms with Gasteiger partial charge in [-0.3, -0.25) is 9.63 Å². The fourth-order valence-corrected chi connectivity index (χ4v) is 3.49. The first-order valence-corrected chi connectivity index (χ1v) is 7.64. The molecule has 0 N–H and O–H groups in total. The van der Waals surface area contributed by atoms with E-state index in [1.165, 1.54) is 15.5 Å². The number of carbonyl (C=O) groups excluding carboxylic acids is 1. The van der Waals surface area contributed by atoms with Crippen LogP contribution in [0.1, 0.15) is 53.2 Å². The van der Waals surface area contributed by atoms with Gasteiger partial charge in [0.1, 0.15) is 0 Å². The number of amides is 1. The number of thiophene rings is 1. The van der Waals surface area contributed by atoms with Crippen LogP contribution in [0.5, 0.6) is 0 Å². The lowest BCUT2D eigenvalue weighted by atomic mass is 10.1. The first-order chi connectivity index (χ1) is 8.76. The summed E-state index contributed by atoms with van der Waals surface area (Å²) >= 11 is 1.64. The molecule has 0 aromatic carbocycles. The van der Waals surface area contributed by atoms with E-state index >= 15 is 0 Å². The SMILES string of the molecule is CCCc1sc(C(=O)N2CCCCO2)cc1CC. The fourth-order valence-electron chi connectivity index (χ4n) is 2.19. The van der Waals surface area contributed by atoms with Crippen LogP contribution >= 0.6 is 11.3 Å². The van der Waals surface area contributed by atoms with Gasteiger partial charge in [0, 0.05) is 11.4 Å². The van der Waals surface area contributed by atoms with E-state index in [0.29, 0.717) is 6.61 Å². The monoisotopic (exact) mass is 267 g/mol. The number of hydrogen-bond acceptors (Lipinski definition) is 3. The Morgan fingerprint density at radius 3 is 2.89 bits per heavy atom. The number of hydroxylamine groups is 2. The van der Waals surface area contributed by atoms with E-state index in [2.05, 4.69) is 19.9 Å². The maximum Gasteiger partial charge on any atom is 0.287 e. The van der Waals surface area contributed by atoms with Crippen LogP contribution in [0.25, 0.3) is 0 Å². The highest BCUT2D eigenvalue weighted by molar-refractivity contribution is 7.14. The van der Waals surface area contributed by atoms with Crippen molar-refractivity contribution in [2.45, 2.75) is 46.0 Å². The second-order valence-corrected chi connectivity index (χ2v) is 5.75. The summed E-state index contributed by atoms with van der Waals surface area (Å²) in [6.07, 6.45) is 5.29. The molecule has 0 aliphatic carbocycles. The molecule has 2 heterocycles. The number of carbonyl (C=O) groups is 1. The lowest BCUT2D eigenvalue weighted by Gasteiger charge is -2.25. The number of aryl methyl sites for hydroxylation is 2. The number of hydrogen-bond donors (Lipinski definition) is 0. The van der Waals surface area contributed by atoms with E-state index in [1.54, 1.807) is 11.3 Å². The van der Waals surface area contributed by atoms with Crippen molar-refractivity contribution in [3.63, 3.8) is 0 Å². The van der Waals surface area contributed by atoms with Crippen molar-refractivity contribution in [1.29, 1.82) is 0 Å². The Hall–Kier alpha value is -0.870. The van der Waals surface area contributed by atoms with Crippen LogP contribution < -0.4 is 0 Å². The average molecular weight is 267 g/mol. The number of rotatable bonds is 4. The Bertz CT molecular complexity index is 408. The van der Waals surface area contributed by atoms with Gasteiger partial charge in [-0.1, -0.05) is 20.3 Å². The van der Waals surface area contributed by atoms with Gasteiger partial charge in [0.2, 0.25) is 0 Å². The Kier molecular flexibility index (Phi) is 4.78. The largest absolute Gasteiger partial charge is 0.287 e. The molecule has 1 fully saturated rings. The topological polar surface area (TPSA) is 29.5 Å². The summed E-state index contributed by atoms with van der Waals surface area (Å²) < 4.78 is 0. The summed E-state index contributed by atoms with van der Waals surface area (Å²) in [7, 11) is 0. The molecular formula is C14H21NO2S. The van der Waals surface area contributed by atoms with Gasteiger partial charge < -0.3 is 0 Å². The Balaban J connectivity index is 2.14. The predicted octanol–water partition coefficient (Wildman–Crippen LogP) is 3.43. The Morgan fingerprint density at radius 1 is 1.44 bits per heavy atom. The molecule has 0 radical (unpaired) electrons. The maximum absolute atomic E-state index is 12.3. The average Bonchev–Trinajstić information content (AvgIpc) is 2.82. The van der Waals surface area contributed by atoms with Crippen molar-refractivity contribution in [2.75, 3.05) is 13.2 Å². The Labute approximate surface area is 113 Å². The molecule has 0 spiro atoms. The van der Waals surface area contributed by atoms with E-state index in [9.17, 15) is 4.79 Å². The molecule has 1 aromatic heterocycles. The van der Waals surface area contributed by atoms with Gasteiger partial charge in [0.15, 0.2) is 0 Å². The quantitative estimate of drug-likeness (QED) is 0.836. The summed E-state index contributed by atoms with van der Waals surface area (Å²) in [5, 5.41) is 1.53. The van der Waals surface area contributed by atoms with Crippen molar-refractivity contribution in [2.24, 2.45) is 0 Å². The minimum Gasteiger partial charge on any atom is -0.271 e. The predicted molar refractivity (Wildman–Crippen MR) is 73.9 cm³/mol. The van der Waals surface area contributed by atoms with Crippen molar-refractivity contribution in [1.82, 2.24) is 5.06 Å². The second kappa shape index (κ2) is 6.34. The summed E-state index contributed by atoms with van der Waals surface area (Å²) in [4.78, 5) is 19.9. The van der Waals surface area contributed by atoms with Crippen LogP contribution in [0.2, 0.25) is 0 Å². The third-order valence-corrected chi connectivity index (χ3v) is 4.42. The zero-order valence-electron chi connectivity index (χ0n) is 11.2. The zero-order chi connectivity index (χ0) is 13.0. The summed E-state index contributed by atoms with van der Waals surface area (Å²) in [6.45, 7) is 5.71. The summed E-state index contributed by atoms with van der Waals surface area (Å²) in [5.41, 5.74) is 1.32. The fraction of sp³-hybridized carbons (Fsp3) is 0.643. The van der Waals surface area contributed by atoms with Crippen molar-refractivity contribution in [3.05, 3.63) is 21.4 Å². The van der Waals surface area contributed by atoms with Gasteiger partial charge >= 0.3 is 0 Å². The molecule has 1 saturated heterocycles. The van der Waals surface area contributed by atoms with Crippen molar-refractivity contribution >= 4 is 17.2 Å². The molecule has 18 heavy (non-hydrogen) atoms. The van der Waals surface area contributed by atoms with Crippen LogP contribution in [0.4, 0.5) is 0 Å². The summed E-state index contributed by atoms with van der Waals surface area (Å²) in [6, 6.07) is 2.05. The molecule has 0 atom stereocenters. The molecule has 100 valence electrons. The first-order valence-electron chi connectivity index (χ1n) is 6.82. The molecule has 0 unspecified atom stereocenters. The molecule has 4 heteroatoms. The molecule has 1 aromatic rings. The highest BCUT2D eigenvalue weighted by Crippen LogP contribution is 2.26. The van der Waals surface area contributed by atoms with Gasteiger partial charge in [-0.25, -0.2) is 5.06 Å². The van der Waals surface area contributed by atoms with Crippen LogP contribution in [0.15, 0.2) is 6.07 Å². The molecular weight excluding hydrogens is 246 g/mol. The third-order valence-electron chi connectivity index (χ3n) is 3.19. The standard InChI is InChI=1S/C14H21NO2S/c1-3-7-12-11(4-2)10-13(18-12)14(16)15-8-5-6-9-17-15/h10H,3-9H2,1-2H3.